The summed E-state index contributed by atoms with van der Waals surface area (Å²) < 4.78 is 0. The molecule has 0 aliphatic heterocycles. The van der Waals surface area contributed by atoms with Crippen LogP contribution in [0.3, 0.4) is 0 Å². The molecule has 1 aliphatic rings. The standard InChI is InChI=1S/C12H13N.ClH/c1-2-8-13-12-9-11(12)10-6-4-3-5-7-10;/h1,3-7,11-13H,8-9H2;1H/t11-,12+;/m0./s1. The molecule has 2 heteroatoms. The maximum atomic E-state index is 5.18. The summed E-state index contributed by atoms with van der Waals surface area (Å²) in [5.41, 5.74) is 1.43. The van der Waals surface area contributed by atoms with E-state index in [0.29, 0.717) is 18.5 Å². The van der Waals surface area contributed by atoms with Gasteiger partial charge in [0.05, 0.1) is 6.54 Å². The van der Waals surface area contributed by atoms with E-state index in [0.717, 1.165) is 0 Å². The average molecular weight is 208 g/mol. The summed E-state index contributed by atoms with van der Waals surface area (Å²) in [5, 5.41) is 3.32. The minimum atomic E-state index is 0. The van der Waals surface area contributed by atoms with Crippen molar-refractivity contribution < 1.29 is 0 Å². The van der Waals surface area contributed by atoms with Crippen LogP contribution in [0.15, 0.2) is 30.3 Å². The van der Waals surface area contributed by atoms with Crippen LogP contribution in [0.1, 0.15) is 17.9 Å². The van der Waals surface area contributed by atoms with Crippen LogP contribution in [0, 0.1) is 12.3 Å². The average Bonchev–Trinajstić information content (AvgIpc) is 2.95. The fraction of sp³-hybridized carbons (Fsp3) is 0.333. The maximum Gasteiger partial charge on any atom is 0.0576 e. The highest BCUT2D eigenvalue weighted by atomic mass is 35.5. The van der Waals surface area contributed by atoms with Crippen molar-refractivity contribution in [3.8, 4) is 12.3 Å². The number of nitrogens with one attached hydrogen (secondary N) is 1. The first kappa shape index (κ1) is 11.1. The largest absolute Gasteiger partial charge is 0.303 e. The first-order valence-corrected chi connectivity index (χ1v) is 4.63. The van der Waals surface area contributed by atoms with E-state index >= 15 is 0 Å². The van der Waals surface area contributed by atoms with E-state index in [-0.39, 0.29) is 12.4 Å². The van der Waals surface area contributed by atoms with Gasteiger partial charge in [-0.1, -0.05) is 36.3 Å². The zero-order valence-corrected chi connectivity index (χ0v) is 8.76. The third-order valence-corrected chi connectivity index (χ3v) is 2.48. The van der Waals surface area contributed by atoms with Crippen molar-refractivity contribution in [1.82, 2.24) is 5.32 Å². The summed E-state index contributed by atoms with van der Waals surface area (Å²) in [6, 6.07) is 11.2. The van der Waals surface area contributed by atoms with Gasteiger partial charge in [0, 0.05) is 12.0 Å². The first-order chi connectivity index (χ1) is 6.42. The smallest absolute Gasteiger partial charge is 0.0576 e. The lowest BCUT2D eigenvalue weighted by Gasteiger charge is -1.99. The number of hydrogen-bond donors (Lipinski definition) is 1. The van der Waals surface area contributed by atoms with Crippen LogP contribution in [0.5, 0.6) is 0 Å². The van der Waals surface area contributed by atoms with Crippen molar-refractivity contribution in [2.24, 2.45) is 0 Å². The van der Waals surface area contributed by atoms with Crippen LogP contribution >= 0.6 is 12.4 Å². The number of benzene rings is 1. The Morgan fingerprint density at radius 1 is 1.36 bits per heavy atom. The molecule has 74 valence electrons. The van der Waals surface area contributed by atoms with Gasteiger partial charge in [-0.2, -0.15) is 0 Å². The summed E-state index contributed by atoms with van der Waals surface area (Å²) in [6.07, 6.45) is 6.40. The molecule has 0 radical (unpaired) electrons. The lowest BCUT2D eigenvalue weighted by molar-refractivity contribution is 0.742. The second-order valence-corrected chi connectivity index (χ2v) is 3.44. The van der Waals surface area contributed by atoms with Crippen LogP contribution in [0.2, 0.25) is 0 Å². The van der Waals surface area contributed by atoms with Crippen molar-refractivity contribution >= 4 is 12.4 Å². The molecular weight excluding hydrogens is 194 g/mol. The van der Waals surface area contributed by atoms with Gasteiger partial charge in [-0.3, -0.25) is 0 Å². The van der Waals surface area contributed by atoms with Crippen molar-refractivity contribution in [1.29, 1.82) is 0 Å². The van der Waals surface area contributed by atoms with E-state index in [9.17, 15) is 0 Å². The molecule has 1 aliphatic carbocycles. The number of hydrogen-bond acceptors (Lipinski definition) is 1. The van der Waals surface area contributed by atoms with Gasteiger partial charge in [0.15, 0.2) is 0 Å². The lowest BCUT2D eigenvalue weighted by atomic mass is 10.1. The highest BCUT2D eigenvalue weighted by Gasteiger charge is 2.37. The zero-order valence-electron chi connectivity index (χ0n) is 7.94. The molecule has 1 aromatic rings. The number of halogens is 1. The zero-order chi connectivity index (χ0) is 9.10. The first-order valence-electron chi connectivity index (χ1n) is 4.63. The van der Waals surface area contributed by atoms with Crippen molar-refractivity contribution in [3.63, 3.8) is 0 Å². The SMILES string of the molecule is C#CCN[C@@H]1C[C@H]1c1ccccc1.Cl. The molecule has 14 heavy (non-hydrogen) atoms. The van der Waals surface area contributed by atoms with E-state index in [1.165, 1.54) is 12.0 Å². The van der Waals surface area contributed by atoms with Gasteiger partial charge in [-0.25, -0.2) is 0 Å². The van der Waals surface area contributed by atoms with Crippen LogP contribution in [0.4, 0.5) is 0 Å². The molecule has 2 atom stereocenters. The lowest BCUT2D eigenvalue weighted by Crippen LogP contribution is -2.17. The summed E-state index contributed by atoms with van der Waals surface area (Å²) in [5.74, 6) is 3.29. The second-order valence-electron chi connectivity index (χ2n) is 3.44. The summed E-state index contributed by atoms with van der Waals surface area (Å²) in [7, 11) is 0. The van der Waals surface area contributed by atoms with E-state index in [1.54, 1.807) is 0 Å². The molecule has 0 spiro atoms. The molecule has 0 amide bonds. The van der Waals surface area contributed by atoms with E-state index in [2.05, 4.69) is 41.6 Å². The predicted octanol–water partition coefficient (Wildman–Crippen LogP) is 2.19. The Balaban J connectivity index is 0.000000980. The molecule has 0 aromatic heterocycles. The van der Waals surface area contributed by atoms with Crippen molar-refractivity contribution in [3.05, 3.63) is 35.9 Å². The van der Waals surface area contributed by atoms with Gasteiger partial charge in [0.1, 0.15) is 0 Å². The molecule has 1 saturated carbocycles. The summed E-state index contributed by atoms with van der Waals surface area (Å²) in [6.45, 7) is 0.688. The van der Waals surface area contributed by atoms with Gasteiger partial charge in [0.2, 0.25) is 0 Å². The van der Waals surface area contributed by atoms with Crippen molar-refractivity contribution in [2.75, 3.05) is 6.54 Å². The quantitative estimate of drug-likeness (QED) is 0.750. The molecule has 0 bridgehead atoms. The molecule has 0 heterocycles. The summed E-state index contributed by atoms with van der Waals surface area (Å²) in [4.78, 5) is 0. The van der Waals surface area contributed by atoms with Crippen LogP contribution in [-0.2, 0) is 0 Å². The minimum absolute atomic E-state index is 0. The molecule has 1 N–H and O–H groups in total. The van der Waals surface area contributed by atoms with Crippen molar-refractivity contribution in [2.45, 2.75) is 18.4 Å². The fourth-order valence-corrected chi connectivity index (χ4v) is 1.68. The monoisotopic (exact) mass is 207 g/mol. The van der Waals surface area contributed by atoms with Gasteiger partial charge in [-0.05, 0) is 12.0 Å². The molecule has 1 nitrogen and oxygen atoms in total. The minimum Gasteiger partial charge on any atom is -0.303 e. The third kappa shape index (κ3) is 2.51. The van der Waals surface area contributed by atoms with Gasteiger partial charge in [-0.15, -0.1) is 18.8 Å². The second kappa shape index (κ2) is 5.05. The van der Waals surface area contributed by atoms with Gasteiger partial charge in [0.25, 0.3) is 0 Å². The normalized spacial score (nSPS) is 23.4. The van der Waals surface area contributed by atoms with E-state index in [4.69, 9.17) is 6.42 Å². The van der Waals surface area contributed by atoms with Gasteiger partial charge >= 0.3 is 0 Å². The Bertz CT molecular complexity index is 315. The molecule has 0 unspecified atom stereocenters. The Kier molecular flexibility index (Phi) is 4.00. The molecular formula is C12H14ClN. The van der Waals surface area contributed by atoms with Crippen LogP contribution < -0.4 is 5.32 Å². The molecule has 2 rings (SSSR count). The highest BCUT2D eigenvalue weighted by molar-refractivity contribution is 5.85. The predicted molar refractivity (Wildman–Crippen MR) is 61.7 cm³/mol. The Morgan fingerprint density at radius 3 is 2.71 bits per heavy atom. The number of terminal acetylenes is 1. The fourth-order valence-electron chi connectivity index (χ4n) is 1.68. The Morgan fingerprint density at radius 2 is 2.07 bits per heavy atom. The Labute approximate surface area is 91.3 Å². The van der Waals surface area contributed by atoms with E-state index in [1.807, 2.05) is 0 Å². The summed E-state index contributed by atoms with van der Waals surface area (Å²) >= 11 is 0. The molecule has 1 fully saturated rings. The third-order valence-electron chi connectivity index (χ3n) is 2.48. The Hall–Kier alpha value is -0.970. The topological polar surface area (TPSA) is 12.0 Å². The van der Waals surface area contributed by atoms with E-state index < -0.39 is 0 Å². The number of rotatable bonds is 3. The maximum absolute atomic E-state index is 5.18. The van der Waals surface area contributed by atoms with Crippen LogP contribution in [0.25, 0.3) is 0 Å². The molecule has 0 saturated heterocycles. The molecule has 1 aromatic carbocycles. The van der Waals surface area contributed by atoms with Crippen LogP contribution in [-0.4, -0.2) is 12.6 Å². The van der Waals surface area contributed by atoms with Gasteiger partial charge < -0.3 is 5.32 Å². The highest BCUT2D eigenvalue weighted by Crippen LogP contribution is 2.40.